The standard InChI is InChI=1S/C70H50N4/c1-73-69(53-21-9-4-10-22-53)71-68(52-37-33-50(34-38-52)56-24-14-27-59(44-56)58-26-13-23-55(43-58)48-17-5-2-6-18-48)72-70(73)54-39-35-51(36-40-54)57-25-15-28-60(45-57)62-41-42-65-64-31-11-12-32-66(64)74(67(65)47-62)63-30-16-29-61(46-63)49-19-7-3-8-20-49/h2-47,70H,1H3. The van der Waals surface area contributed by atoms with Crippen molar-refractivity contribution in [2.24, 2.45) is 9.98 Å². The summed E-state index contributed by atoms with van der Waals surface area (Å²) in [7, 11) is 2.09. The molecule has 0 saturated carbocycles. The zero-order valence-corrected chi connectivity index (χ0v) is 40.9. The zero-order chi connectivity index (χ0) is 49.4. The highest BCUT2D eigenvalue weighted by atomic mass is 15.3. The van der Waals surface area contributed by atoms with Crippen molar-refractivity contribution in [3.05, 3.63) is 296 Å². The number of aliphatic imine (C=N–C) groups is 2. The predicted octanol–water partition coefficient (Wildman–Crippen LogP) is 17.6. The van der Waals surface area contributed by atoms with Gasteiger partial charge in [-0.05, 0) is 115 Å². The van der Waals surface area contributed by atoms with Crippen molar-refractivity contribution in [3.63, 3.8) is 0 Å². The second-order valence-corrected chi connectivity index (χ2v) is 19.0. The molecule has 0 amide bonds. The molecule has 4 heteroatoms. The van der Waals surface area contributed by atoms with Gasteiger partial charge in [0.2, 0.25) is 0 Å². The van der Waals surface area contributed by atoms with Gasteiger partial charge >= 0.3 is 0 Å². The summed E-state index contributed by atoms with van der Waals surface area (Å²) in [5.41, 5.74) is 20.8. The van der Waals surface area contributed by atoms with E-state index in [-0.39, 0.29) is 6.17 Å². The Hall–Kier alpha value is -9.64. The van der Waals surface area contributed by atoms with Crippen LogP contribution in [0.4, 0.5) is 0 Å². The molecule has 350 valence electrons. The normalized spacial score (nSPS) is 13.5. The van der Waals surface area contributed by atoms with Crippen molar-refractivity contribution in [2.75, 3.05) is 7.05 Å². The lowest BCUT2D eigenvalue weighted by Gasteiger charge is -2.32. The highest BCUT2D eigenvalue weighted by Gasteiger charge is 2.27. The lowest BCUT2D eigenvalue weighted by atomic mass is 9.96. The molecule has 2 heterocycles. The van der Waals surface area contributed by atoms with E-state index < -0.39 is 0 Å². The van der Waals surface area contributed by atoms with Gasteiger partial charge < -0.3 is 9.47 Å². The van der Waals surface area contributed by atoms with Crippen LogP contribution in [-0.4, -0.2) is 28.2 Å². The number of nitrogens with zero attached hydrogens (tertiary/aromatic N) is 4. The Morgan fingerprint density at radius 1 is 0.297 bits per heavy atom. The minimum Gasteiger partial charge on any atom is -0.333 e. The lowest BCUT2D eigenvalue weighted by molar-refractivity contribution is 0.383. The molecule has 1 aliphatic heterocycles. The molecule has 13 rings (SSSR count). The maximum atomic E-state index is 5.37. The summed E-state index contributed by atoms with van der Waals surface area (Å²) >= 11 is 0. The Kier molecular flexibility index (Phi) is 11.5. The molecule has 0 radical (unpaired) electrons. The number of rotatable bonds is 10. The van der Waals surface area contributed by atoms with Crippen molar-refractivity contribution in [1.29, 1.82) is 0 Å². The first-order chi connectivity index (χ1) is 36.6. The fraction of sp³-hybridized carbons (Fsp3) is 0.0286. The van der Waals surface area contributed by atoms with Gasteiger partial charge in [0.1, 0.15) is 12.0 Å². The first kappa shape index (κ1) is 44.3. The molecule has 1 atom stereocenters. The summed E-state index contributed by atoms with van der Waals surface area (Å²) in [5.74, 6) is 1.59. The molecule has 0 fully saturated rings. The van der Waals surface area contributed by atoms with Crippen molar-refractivity contribution >= 4 is 33.5 Å². The molecule has 11 aromatic carbocycles. The summed E-state index contributed by atoms with van der Waals surface area (Å²) in [4.78, 5) is 12.8. The van der Waals surface area contributed by atoms with Crippen LogP contribution in [0.2, 0.25) is 0 Å². The topological polar surface area (TPSA) is 32.9 Å². The Labute approximate surface area is 432 Å². The molecular formula is C70H50N4. The third-order valence-electron chi connectivity index (χ3n) is 14.5. The number of aromatic nitrogens is 1. The summed E-state index contributed by atoms with van der Waals surface area (Å²) in [5, 5.41) is 2.48. The highest BCUT2D eigenvalue weighted by Crippen LogP contribution is 2.38. The number of hydrogen-bond acceptors (Lipinski definition) is 3. The van der Waals surface area contributed by atoms with E-state index in [4.69, 9.17) is 9.98 Å². The third-order valence-corrected chi connectivity index (χ3v) is 14.5. The summed E-state index contributed by atoms with van der Waals surface area (Å²) in [6.45, 7) is 0. The van der Waals surface area contributed by atoms with E-state index in [1.807, 2.05) is 6.07 Å². The van der Waals surface area contributed by atoms with E-state index in [9.17, 15) is 0 Å². The smallest absolute Gasteiger partial charge is 0.159 e. The number of para-hydroxylation sites is 1. The van der Waals surface area contributed by atoms with Crippen LogP contribution >= 0.6 is 0 Å². The van der Waals surface area contributed by atoms with Crippen molar-refractivity contribution in [1.82, 2.24) is 9.47 Å². The van der Waals surface area contributed by atoms with Crippen molar-refractivity contribution < 1.29 is 0 Å². The summed E-state index contributed by atoms with van der Waals surface area (Å²) < 4.78 is 2.41. The predicted molar refractivity (Wildman–Crippen MR) is 310 cm³/mol. The van der Waals surface area contributed by atoms with Gasteiger partial charge in [-0.15, -0.1) is 0 Å². The quantitative estimate of drug-likeness (QED) is 0.134. The van der Waals surface area contributed by atoms with E-state index >= 15 is 0 Å². The summed E-state index contributed by atoms with van der Waals surface area (Å²) in [6, 6.07) is 100. The van der Waals surface area contributed by atoms with Gasteiger partial charge in [0.05, 0.1) is 11.0 Å². The van der Waals surface area contributed by atoms with Gasteiger partial charge in [0.15, 0.2) is 5.84 Å². The van der Waals surface area contributed by atoms with E-state index in [1.54, 1.807) is 0 Å². The molecule has 1 aliphatic rings. The van der Waals surface area contributed by atoms with Gasteiger partial charge in [-0.2, -0.15) is 0 Å². The minimum atomic E-state index is -0.284. The molecule has 0 bridgehead atoms. The number of fused-ring (bicyclic) bond motifs is 3. The van der Waals surface area contributed by atoms with Gasteiger partial charge in [0, 0.05) is 34.6 Å². The molecule has 1 aromatic heterocycles. The third kappa shape index (κ3) is 8.48. The molecular weight excluding hydrogens is 897 g/mol. The van der Waals surface area contributed by atoms with Crippen LogP contribution in [0.5, 0.6) is 0 Å². The second kappa shape index (κ2) is 19.2. The molecule has 0 saturated heterocycles. The lowest BCUT2D eigenvalue weighted by Crippen LogP contribution is -2.35. The van der Waals surface area contributed by atoms with Gasteiger partial charge in [0.25, 0.3) is 0 Å². The van der Waals surface area contributed by atoms with Gasteiger partial charge in [-0.1, -0.05) is 237 Å². The Morgan fingerprint density at radius 2 is 0.689 bits per heavy atom. The Bertz CT molecular complexity index is 4060. The van der Waals surface area contributed by atoms with Crippen molar-refractivity contribution in [3.8, 4) is 72.4 Å². The van der Waals surface area contributed by atoms with Crippen LogP contribution in [0.1, 0.15) is 22.9 Å². The first-order valence-electron chi connectivity index (χ1n) is 25.3. The molecule has 0 aliphatic carbocycles. The highest BCUT2D eigenvalue weighted by molar-refractivity contribution is 6.13. The van der Waals surface area contributed by atoms with Crippen molar-refractivity contribution in [2.45, 2.75) is 6.17 Å². The fourth-order valence-electron chi connectivity index (χ4n) is 10.6. The van der Waals surface area contributed by atoms with E-state index in [1.165, 1.54) is 66.3 Å². The monoisotopic (exact) mass is 946 g/mol. The van der Waals surface area contributed by atoms with E-state index in [0.717, 1.165) is 50.5 Å². The molecule has 0 N–H and O–H groups in total. The summed E-state index contributed by atoms with van der Waals surface area (Å²) in [6.07, 6.45) is -0.284. The Morgan fingerprint density at radius 3 is 1.26 bits per heavy atom. The average Bonchev–Trinajstić information content (AvgIpc) is 3.82. The second-order valence-electron chi connectivity index (χ2n) is 19.0. The van der Waals surface area contributed by atoms with Crippen LogP contribution in [0.3, 0.4) is 0 Å². The Balaban J connectivity index is 0.797. The van der Waals surface area contributed by atoms with Crippen LogP contribution in [0.15, 0.2) is 289 Å². The molecule has 4 nitrogen and oxygen atoms in total. The van der Waals surface area contributed by atoms with E-state index in [0.29, 0.717) is 5.84 Å². The molecule has 74 heavy (non-hydrogen) atoms. The molecule has 1 unspecified atom stereocenters. The first-order valence-corrected chi connectivity index (χ1v) is 25.3. The maximum absolute atomic E-state index is 5.37. The molecule has 12 aromatic rings. The van der Waals surface area contributed by atoms with Gasteiger partial charge in [-0.25, -0.2) is 9.98 Å². The zero-order valence-electron chi connectivity index (χ0n) is 40.9. The van der Waals surface area contributed by atoms with Crippen LogP contribution in [0, 0.1) is 0 Å². The van der Waals surface area contributed by atoms with E-state index in [2.05, 4.69) is 290 Å². The van der Waals surface area contributed by atoms with Crippen LogP contribution < -0.4 is 0 Å². The number of benzene rings is 11. The molecule has 0 spiro atoms. The SMILES string of the molecule is CN1C(c2ccccc2)=NC(c2ccc(-c3cccc(-c4cccc(-c5ccccc5)c4)c3)cc2)=NC1c1ccc(-c2cccc(-c3ccc4c5ccccc5n(-c5cccc(-c6ccccc6)c5)c4c3)c2)cc1. The van der Waals surface area contributed by atoms with Crippen LogP contribution in [-0.2, 0) is 0 Å². The minimum absolute atomic E-state index is 0.284. The van der Waals surface area contributed by atoms with Gasteiger partial charge in [-0.3, -0.25) is 0 Å². The average molecular weight is 947 g/mol. The number of hydrogen-bond donors (Lipinski definition) is 0. The largest absolute Gasteiger partial charge is 0.333 e. The number of amidine groups is 2. The fourth-order valence-corrected chi connectivity index (χ4v) is 10.6. The maximum Gasteiger partial charge on any atom is 0.159 e. The van der Waals surface area contributed by atoms with Crippen LogP contribution in [0.25, 0.3) is 94.3 Å².